The van der Waals surface area contributed by atoms with Crippen LogP contribution < -0.4 is 10.2 Å². The Labute approximate surface area is 183 Å². The third kappa shape index (κ3) is 3.18. The zero-order valence-corrected chi connectivity index (χ0v) is 17.4. The molecule has 2 heterocycles. The molecule has 0 N–H and O–H groups in total. The Kier molecular flexibility index (Phi) is 4.75. The third-order valence-corrected chi connectivity index (χ3v) is 5.95. The average molecular weight is 432 g/mol. The van der Waals surface area contributed by atoms with E-state index in [0.717, 1.165) is 11.1 Å². The monoisotopic (exact) mass is 431 g/mol. The van der Waals surface area contributed by atoms with Crippen LogP contribution in [0.1, 0.15) is 33.3 Å². The van der Waals surface area contributed by atoms with Gasteiger partial charge in [-0.2, -0.15) is 0 Å². The standard InChI is InChI=1S/C25H18ClNO4/c1-30-17-9-6-8-15(13-17)22-21-23(28)18-10-3-5-12-20(18)31-24(21)25(29)27(22)14-16-7-2-4-11-19(16)26/h2-13,22H,14H2,1H3/t22-/m0/s1. The number of carbonyl (C=O) groups is 1. The smallest absolute Gasteiger partial charge is 0.291 e. The summed E-state index contributed by atoms with van der Waals surface area (Å²) in [6.45, 7) is 0.236. The van der Waals surface area contributed by atoms with Crippen LogP contribution in [0.3, 0.4) is 0 Å². The number of methoxy groups -OCH3 is 1. The van der Waals surface area contributed by atoms with Crippen molar-refractivity contribution in [2.45, 2.75) is 12.6 Å². The number of halogens is 1. The third-order valence-electron chi connectivity index (χ3n) is 5.58. The van der Waals surface area contributed by atoms with Gasteiger partial charge in [0.1, 0.15) is 11.3 Å². The van der Waals surface area contributed by atoms with Crippen molar-refractivity contribution in [2.75, 3.05) is 7.11 Å². The van der Waals surface area contributed by atoms with Gasteiger partial charge in [0.25, 0.3) is 5.91 Å². The van der Waals surface area contributed by atoms with Gasteiger partial charge in [-0.1, -0.05) is 54.1 Å². The molecular weight excluding hydrogens is 414 g/mol. The van der Waals surface area contributed by atoms with E-state index >= 15 is 0 Å². The van der Waals surface area contributed by atoms with Gasteiger partial charge in [0.2, 0.25) is 5.76 Å². The quantitative estimate of drug-likeness (QED) is 0.445. The minimum absolute atomic E-state index is 0.0728. The molecule has 4 aromatic rings. The van der Waals surface area contributed by atoms with Crippen molar-refractivity contribution in [1.29, 1.82) is 0 Å². The minimum atomic E-state index is -0.616. The van der Waals surface area contributed by atoms with Crippen LogP contribution in [0.2, 0.25) is 5.02 Å². The number of hydrogen-bond acceptors (Lipinski definition) is 4. The van der Waals surface area contributed by atoms with E-state index in [2.05, 4.69) is 0 Å². The summed E-state index contributed by atoms with van der Waals surface area (Å²) in [6.07, 6.45) is 0. The molecule has 1 aliphatic heterocycles. The number of hydrogen-bond donors (Lipinski definition) is 0. The molecule has 1 aliphatic rings. The molecule has 5 nitrogen and oxygen atoms in total. The number of fused-ring (bicyclic) bond motifs is 2. The lowest BCUT2D eigenvalue weighted by atomic mass is 9.98. The summed E-state index contributed by atoms with van der Waals surface area (Å²) < 4.78 is 11.3. The molecule has 1 aromatic heterocycles. The predicted octanol–water partition coefficient (Wildman–Crippen LogP) is 5.20. The van der Waals surface area contributed by atoms with E-state index in [0.29, 0.717) is 27.3 Å². The molecule has 0 saturated heterocycles. The molecule has 0 saturated carbocycles. The fourth-order valence-electron chi connectivity index (χ4n) is 4.10. The van der Waals surface area contributed by atoms with Crippen molar-refractivity contribution >= 4 is 28.5 Å². The van der Waals surface area contributed by atoms with Crippen molar-refractivity contribution in [2.24, 2.45) is 0 Å². The van der Waals surface area contributed by atoms with Crippen LogP contribution in [0.15, 0.2) is 82.0 Å². The first-order chi connectivity index (χ1) is 15.1. The highest BCUT2D eigenvalue weighted by Gasteiger charge is 2.43. The summed E-state index contributed by atoms with van der Waals surface area (Å²) in [5.41, 5.74) is 2.07. The summed E-state index contributed by atoms with van der Waals surface area (Å²) >= 11 is 6.38. The lowest BCUT2D eigenvalue weighted by Crippen LogP contribution is -2.29. The normalized spacial score (nSPS) is 15.4. The zero-order chi connectivity index (χ0) is 21.5. The van der Waals surface area contributed by atoms with Gasteiger partial charge in [-0.3, -0.25) is 9.59 Å². The molecule has 3 aromatic carbocycles. The van der Waals surface area contributed by atoms with Crippen LogP contribution in [-0.4, -0.2) is 17.9 Å². The molecule has 0 unspecified atom stereocenters. The van der Waals surface area contributed by atoms with Crippen LogP contribution >= 0.6 is 11.6 Å². The second-order valence-corrected chi connectivity index (χ2v) is 7.78. The Bertz CT molecular complexity index is 1380. The maximum absolute atomic E-state index is 13.5. The van der Waals surface area contributed by atoms with E-state index in [1.54, 1.807) is 42.3 Å². The lowest BCUT2D eigenvalue weighted by Gasteiger charge is -2.26. The first kappa shape index (κ1) is 19.4. The number of nitrogens with zero attached hydrogens (tertiary/aromatic N) is 1. The summed E-state index contributed by atoms with van der Waals surface area (Å²) in [5.74, 6) is 0.371. The highest BCUT2D eigenvalue weighted by molar-refractivity contribution is 6.31. The summed E-state index contributed by atoms with van der Waals surface area (Å²) in [5, 5.41) is 1.00. The van der Waals surface area contributed by atoms with Gasteiger partial charge in [0.15, 0.2) is 5.43 Å². The van der Waals surface area contributed by atoms with Gasteiger partial charge in [-0.05, 0) is 41.5 Å². The SMILES string of the molecule is COc1cccc([C@H]2c3c(oc4ccccc4c3=O)C(=O)N2Cc2ccccc2Cl)c1. The number of benzene rings is 3. The minimum Gasteiger partial charge on any atom is -0.497 e. The van der Waals surface area contributed by atoms with Crippen molar-refractivity contribution in [3.05, 3.63) is 110 Å². The Morgan fingerprint density at radius 1 is 1.00 bits per heavy atom. The summed E-state index contributed by atoms with van der Waals surface area (Å²) in [4.78, 5) is 28.6. The second-order valence-electron chi connectivity index (χ2n) is 7.37. The molecule has 154 valence electrons. The summed E-state index contributed by atoms with van der Waals surface area (Å²) in [7, 11) is 1.58. The van der Waals surface area contributed by atoms with Gasteiger partial charge < -0.3 is 14.1 Å². The maximum Gasteiger partial charge on any atom is 0.291 e. The van der Waals surface area contributed by atoms with E-state index in [9.17, 15) is 9.59 Å². The highest BCUT2D eigenvalue weighted by Crippen LogP contribution is 2.40. The molecule has 0 aliphatic carbocycles. The lowest BCUT2D eigenvalue weighted by molar-refractivity contribution is 0.0714. The maximum atomic E-state index is 13.5. The van der Waals surface area contributed by atoms with Gasteiger partial charge in [0, 0.05) is 11.6 Å². The zero-order valence-electron chi connectivity index (χ0n) is 16.7. The first-order valence-corrected chi connectivity index (χ1v) is 10.2. The van der Waals surface area contributed by atoms with Crippen molar-refractivity contribution in [3.63, 3.8) is 0 Å². The second kappa shape index (κ2) is 7.60. The largest absolute Gasteiger partial charge is 0.497 e. The van der Waals surface area contributed by atoms with Gasteiger partial charge in [0.05, 0.1) is 24.1 Å². The number of amides is 1. The summed E-state index contributed by atoms with van der Waals surface area (Å²) in [6, 6.07) is 21.1. The number of para-hydroxylation sites is 1. The molecule has 5 rings (SSSR count). The number of ether oxygens (including phenoxy) is 1. The molecule has 0 spiro atoms. The number of carbonyl (C=O) groups excluding carboxylic acids is 1. The van der Waals surface area contributed by atoms with Crippen molar-refractivity contribution < 1.29 is 13.9 Å². The molecule has 1 atom stereocenters. The molecule has 0 radical (unpaired) electrons. The van der Waals surface area contributed by atoms with Gasteiger partial charge in [-0.25, -0.2) is 0 Å². The predicted molar refractivity (Wildman–Crippen MR) is 119 cm³/mol. The van der Waals surface area contributed by atoms with Crippen LogP contribution in [0, 0.1) is 0 Å². The fraction of sp³-hybridized carbons (Fsp3) is 0.120. The van der Waals surface area contributed by atoms with Crippen molar-refractivity contribution in [3.8, 4) is 5.75 Å². The molecule has 31 heavy (non-hydrogen) atoms. The Morgan fingerprint density at radius 3 is 2.58 bits per heavy atom. The van der Waals surface area contributed by atoms with E-state index in [4.69, 9.17) is 20.8 Å². The van der Waals surface area contributed by atoms with Crippen LogP contribution in [0.5, 0.6) is 5.75 Å². The Balaban J connectivity index is 1.74. The Hall–Kier alpha value is -3.57. The number of rotatable bonds is 4. The molecule has 1 amide bonds. The molecule has 0 bridgehead atoms. The topological polar surface area (TPSA) is 59.8 Å². The Morgan fingerprint density at radius 2 is 1.77 bits per heavy atom. The van der Waals surface area contributed by atoms with E-state index in [-0.39, 0.29) is 23.6 Å². The van der Waals surface area contributed by atoms with Crippen molar-refractivity contribution in [1.82, 2.24) is 4.90 Å². The molecule has 6 heteroatoms. The van der Waals surface area contributed by atoms with Gasteiger partial charge >= 0.3 is 0 Å². The molecule has 0 fully saturated rings. The van der Waals surface area contributed by atoms with E-state index < -0.39 is 6.04 Å². The fourth-order valence-corrected chi connectivity index (χ4v) is 4.29. The van der Waals surface area contributed by atoms with E-state index in [1.165, 1.54) is 0 Å². The first-order valence-electron chi connectivity index (χ1n) is 9.82. The molecular formula is C25H18ClNO4. The average Bonchev–Trinajstić information content (AvgIpc) is 3.07. The van der Waals surface area contributed by atoms with Crippen LogP contribution in [0.25, 0.3) is 11.0 Å². The van der Waals surface area contributed by atoms with Crippen LogP contribution in [0.4, 0.5) is 0 Å². The van der Waals surface area contributed by atoms with Crippen LogP contribution in [-0.2, 0) is 6.54 Å². The highest BCUT2D eigenvalue weighted by atomic mass is 35.5. The van der Waals surface area contributed by atoms with Gasteiger partial charge in [-0.15, -0.1) is 0 Å². The van der Waals surface area contributed by atoms with E-state index in [1.807, 2.05) is 42.5 Å².